The molecule has 3 rings (SSSR count). The molecule has 0 aliphatic heterocycles. The summed E-state index contributed by atoms with van der Waals surface area (Å²) in [5.74, 6) is -0.131. The zero-order valence-electron chi connectivity index (χ0n) is 14.2. The van der Waals surface area contributed by atoms with Crippen molar-refractivity contribution in [1.82, 2.24) is 15.2 Å². The summed E-state index contributed by atoms with van der Waals surface area (Å²) in [5.41, 5.74) is 1.03. The Morgan fingerprint density at radius 1 is 1.15 bits per heavy atom. The largest absolute Gasteiger partial charge is 0.465 e. The third-order valence-electron chi connectivity index (χ3n) is 3.49. The number of thioether (sulfide) groups is 1. The molecule has 8 nitrogen and oxygen atoms in total. The predicted octanol–water partition coefficient (Wildman–Crippen LogP) is 2.68. The molecule has 0 saturated carbocycles. The van der Waals surface area contributed by atoms with Crippen LogP contribution in [0.15, 0.2) is 64.6 Å². The Hall–Kier alpha value is -2.85. The van der Waals surface area contributed by atoms with Crippen molar-refractivity contribution in [2.45, 2.75) is 15.8 Å². The highest BCUT2D eigenvalue weighted by Crippen LogP contribution is 2.22. The lowest BCUT2D eigenvalue weighted by Crippen LogP contribution is -2.18. The molecule has 0 amide bonds. The monoisotopic (exact) mass is 404 g/mol. The van der Waals surface area contributed by atoms with Crippen LogP contribution >= 0.6 is 11.8 Å². The highest BCUT2D eigenvalue weighted by molar-refractivity contribution is 7.98. The van der Waals surface area contributed by atoms with Gasteiger partial charge in [-0.15, -0.1) is 5.10 Å². The minimum Gasteiger partial charge on any atom is -0.465 e. The van der Waals surface area contributed by atoms with Gasteiger partial charge < -0.3 is 4.74 Å². The molecule has 10 heteroatoms. The molecule has 0 radical (unpaired) electrons. The van der Waals surface area contributed by atoms with Crippen LogP contribution in [0.4, 0.5) is 5.95 Å². The van der Waals surface area contributed by atoms with Crippen LogP contribution in [-0.2, 0) is 20.5 Å². The van der Waals surface area contributed by atoms with Gasteiger partial charge in [-0.05, 0) is 17.7 Å². The highest BCUT2D eigenvalue weighted by Gasteiger charge is 2.23. The van der Waals surface area contributed by atoms with E-state index in [2.05, 4.69) is 24.6 Å². The van der Waals surface area contributed by atoms with Gasteiger partial charge in [-0.1, -0.05) is 54.2 Å². The minimum absolute atomic E-state index is 0.0368. The molecule has 27 heavy (non-hydrogen) atoms. The molecular weight excluding hydrogens is 388 g/mol. The van der Waals surface area contributed by atoms with Gasteiger partial charge in [0.15, 0.2) is 0 Å². The lowest BCUT2D eigenvalue weighted by atomic mass is 10.2. The number of carbonyl (C=O) groups is 1. The van der Waals surface area contributed by atoms with Crippen LogP contribution in [-0.4, -0.2) is 36.7 Å². The first-order chi connectivity index (χ1) is 13.0. The molecule has 0 spiro atoms. The Labute approximate surface area is 160 Å². The second-order valence-electron chi connectivity index (χ2n) is 5.33. The normalized spacial score (nSPS) is 11.1. The van der Waals surface area contributed by atoms with Crippen LogP contribution in [0.1, 0.15) is 15.9 Å². The Morgan fingerprint density at radius 3 is 2.59 bits per heavy atom. The van der Waals surface area contributed by atoms with Crippen LogP contribution in [0.3, 0.4) is 0 Å². The number of aromatic amines is 1. The number of rotatable bonds is 7. The maximum absolute atomic E-state index is 12.6. The van der Waals surface area contributed by atoms with Gasteiger partial charge in [0.25, 0.3) is 10.0 Å². The number of hydrogen-bond acceptors (Lipinski definition) is 7. The lowest BCUT2D eigenvalue weighted by Gasteiger charge is -2.09. The number of sulfonamides is 1. The molecule has 0 atom stereocenters. The van der Waals surface area contributed by atoms with Crippen LogP contribution in [0.2, 0.25) is 0 Å². The molecule has 0 aliphatic rings. The number of benzene rings is 2. The third kappa shape index (κ3) is 4.66. The van der Waals surface area contributed by atoms with E-state index in [4.69, 9.17) is 0 Å². The van der Waals surface area contributed by atoms with Crippen molar-refractivity contribution < 1.29 is 17.9 Å². The summed E-state index contributed by atoms with van der Waals surface area (Å²) in [6.45, 7) is 0. The molecule has 3 aromatic rings. The zero-order valence-corrected chi connectivity index (χ0v) is 15.9. The second-order valence-corrected chi connectivity index (χ2v) is 7.93. The van der Waals surface area contributed by atoms with E-state index < -0.39 is 16.0 Å². The Balaban J connectivity index is 1.74. The summed E-state index contributed by atoms with van der Waals surface area (Å²) in [4.78, 5) is 15.7. The van der Waals surface area contributed by atoms with Gasteiger partial charge in [0.1, 0.15) is 4.90 Å². The van der Waals surface area contributed by atoms with E-state index in [1.165, 1.54) is 37.1 Å². The average molecular weight is 404 g/mol. The quantitative estimate of drug-likeness (QED) is 0.460. The van der Waals surface area contributed by atoms with Crippen molar-refractivity contribution in [3.63, 3.8) is 0 Å². The number of H-pyrrole nitrogens is 1. The van der Waals surface area contributed by atoms with Crippen molar-refractivity contribution in [2.24, 2.45) is 0 Å². The fraction of sp³-hybridized carbons (Fsp3) is 0.118. The van der Waals surface area contributed by atoms with E-state index in [9.17, 15) is 13.2 Å². The van der Waals surface area contributed by atoms with Crippen LogP contribution in [0.5, 0.6) is 0 Å². The number of nitrogens with zero attached hydrogens (tertiary/aromatic N) is 2. The topological polar surface area (TPSA) is 114 Å². The van der Waals surface area contributed by atoms with E-state index in [1.807, 2.05) is 30.3 Å². The van der Waals surface area contributed by atoms with Gasteiger partial charge in [-0.3, -0.25) is 0 Å². The molecule has 1 aromatic heterocycles. The van der Waals surface area contributed by atoms with Gasteiger partial charge >= 0.3 is 5.97 Å². The number of anilines is 1. The van der Waals surface area contributed by atoms with E-state index in [0.29, 0.717) is 10.9 Å². The summed E-state index contributed by atoms with van der Waals surface area (Å²) in [6.07, 6.45) is 0. The minimum atomic E-state index is -4.05. The van der Waals surface area contributed by atoms with Gasteiger partial charge in [0.2, 0.25) is 11.1 Å². The second kappa shape index (κ2) is 8.23. The molecule has 0 fully saturated rings. The zero-order chi connectivity index (χ0) is 19.3. The van der Waals surface area contributed by atoms with Crippen molar-refractivity contribution in [2.75, 3.05) is 11.8 Å². The van der Waals surface area contributed by atoms with E-state index in [1.54, 1.807) is 6.07 Å². The first-order valence-corrected chi connectivity index (χ1v) is 10.3. The molecule has 0 aliphatic carbocycles. The number of aromatic nitrogens is 3. The number of carbonyl (C=O) groups excluding carboxylic acids is 1. The summed E-state index contributed by atoms with van der Waals surface area (Å²) in [5, 5.41) is 6.93. The Bertz CT molecular complexity index is 1040. The van der Waals surface area contributed by atoms with Crippen LogP contribution in [0, 0.1) is 0 Å². The third-order valence-corrected chi connectivity index (χ3v) is 5.80. The van der Waals surface area contributed by atoms with Gasteiger partial charge in [-0.2, -0.15) is 4.98 Å². The Kier molecular flexibility index (Phi) is 5.77. The smallest absolute Gasteiger partial charge is 0.339 e. The number of hydrogen-bond donors (Lipinski definition) is 2. The molecule has 2 N–H and O–H groups in total. The first-order valence-electron chi connectivity index (χ1n) is 7.79. The van der Waals surface area contributed by atoms with Gasteiger partial charge in [0.05, 0.1) is 12.7 Å². The molecule has 140 valence electrons. The number of esters is 1. The van der Waals surface area contributed by atoms with Gasteiger partial charge in [-0.25, -0.2) is 23.0 Å². The fourth-order valence-corrected chi connectivity index (χ4v) is 4.15. The predicted molar refractivity (Wildman–Crippen MR) is 101 cm³/mol. The van der Waals surface area contributed by atoms with Gasteiger partial charge in [0, 0.05) is 5.75 Å². The van der Waals surface area contributed by atoms with Crippen molar-refractivity contribution >= 4 is 33.7 Å². The van der Waals surface area contributed by atoms with E-state index >= 15 is 0 Å². The number of ether oxygens (including phenoxy) is 1. The summed E-state index contributed by atoms with van der Waals surface area (Å²) in [7, 11) is -2.86. The molecule has 1 heterocycles. The average Bonchev–Trinajstić information content (AvgIpc) is 3.13. The molecule has 0 unspecified atom stereocenters. The Morgan fingerprint density at radius 2 is 1.85 bits per heavy atom. The summed E-state index contributed by atoms with van der Waals surface area (Å²) < 4.78 is 32.2. The lowest BCUT2D eigenvalue weighted by molar-refractivity contribution is 0.0596. The number of nitrogens with one attached hydrogen (secondary N) is 2. The van der Waals surface area contributed by atoms with Crippen LogP contribution in [0.25, 0.3) is 0 Å². The van der Waals surface area contributed by atoms with Crippen molar-refractivity contribution in [3.8, 4) is 0 Å². The van der Waals surface area contributed by atoms with E-state index in [0.717, 1.165) is 5.56 Å². The van der Waals surface area contributed by atoms with E-state index in [-0.39, 0.29) is 16.4 Å². The molecular formula is C17H16N4O4S2. The fourth-order valence-electron chi connectivity index (χ4n) is 2.24. The molecule has 0 bridgehead atoms. The van der Waals surface area contributed by atoms with Crippen molar-refractivity contribution in [3.05, 3.63) is 65.7 Å². The number of methoxy groups -OCH3 is 1. The summed E-state index contributed by atoms with van der Waals surface area (Å²) >= 11 is 1.37. The standard InChI is InChI=1S/C17H16N4O4S2/c1-25-15(22)13-9-5-6-10-14(13)27(23,24)21-16-18-17(20-19-16)26-11-12-7-3-2-4-8-12/h2-10H,11H2,1H3,(H2,18,19,20,21). The summed E-state index contributed by atoms with van der Waals surface area (Å²) in [6, 6.07) is 15.5. The maximum atomic E-state index is 12.6. The SMILES string of the molecule is COC(=O)c1ccccc1S(=O)(=O)Nc1nc(SCc2ccccc2)n[nH]1. The van der Waals surface area contributed by atoms with Crippen LogP contribution < -0.4 is 4.72 Å². The molecule has 0 saturated heterocycles. The molecule has 2 aromatic carbocycles. The van der Waals surface area contributed by atoms with Crippen molar-refractivity contribution in [1.29, 1.82) is 0 Å². The first kappa shape index (κ1) is 18.9. The highest BCUT2D eigenvalue weighted by atomic mass is 32.2. The maximum Gasteiger partial charge on any atom is 0.339 e.